The monoisotopic (exact) mass is 238 g/mol. The molecule has 6 nitrogen and oxygen atoms in total. The van der Waals surface area contributed by atoms with Gasteiger partial charge >= 0.3 is 0 Å². The lowest BCUT2D eigenvalue weighted by Gasteiger charge is -2.22. The van der Waals surface area contributed by atoms with Crippen LogP contribution < -0.4 is 0 Å². The highest BCUT2D eigenvalue weighted by atomic mass is 15.3. The fourth-order valence-electron chi connectivity index (χ4n) is 1.47. The highest BCUT2D eigenvalue weighted by Crippen LogP contribution is 2.08. The fourth-order valence-corrected chi connectivity index (χ4v) is 1.47. The van der Waals surface area contributed by atoms with Crippen molar-refractivity contribution in [3.05, 3.63) is 11.6 Å². The second kappa shape index (κ2) is 5.65. The predicted molar refractivity (Wildman–Crippen MR) is 69.0 cm³/mol. The molecule has 1 rings (SSSR count). The quantitative estimate of drug-likeness (QED) is 0.628. The molecule has 6 heteroatoms. The van der Waals surface area contributed by atoms with Gasteiger partial charge in [-0.2, -0.15) is 5.10 Å². The van der Waals surface area contributed by atoms with E-state index in [0.29, 0.717) is 12.5 Å². The molecule has 0 bridgehead atoms. The maximum Gasteiger partial charge on any atom is 0.195 e. The first-order valence-corrected chi connectivity index (χ1v) is 5.72. The van der Waals surface area contributed by atoms with E-state index < -0.39 is 0 Å². The maximum atomic E-state index is 4.50. The molecular weight excluding hydrogens is 216 g/mol. The Morgan fingerprint density at radius 2 is 1.82 bits per heavy atom. The van der Waals surface area contributed by atoms with Crippen LogP contribution in [0.1, 0.15) is 31.4 Å². The number of guanidine groups is 1. The first-order valence-electron chi connectivity index (χ1n) is 5.72. The molecule has 0 aliphatic heterocycles. The third-order valence-electron chi connectivity index (χ3n) is 2.24. The van der Waals surface area contributed by atoms with Crippen LogP contribution in [-0.4, -0.2) is 59.1 Å². The molecule has 1 aromatic rings. The van der Waals surface area contributed by atoms with Crippen molar-refractivity contribution in [2.45, 2.75) is 26.3 Å². The zero-order valence-corrected chi connectivity index (χ0v) is 11.5. The van der Waals surface area contributed by atoms with Gasteiger partial charge in [0.05, 0.1) is 0 Å². The molecule has 0 fully saturated rings. The van der Waals surface area contributed by atoms with E-state index in [1.807, 2.05) is 38.0 Å². The number of hydrogen-bond acceptors (Lipinski definition) is 3. The van der Waals surface area contributed by atoms with Crippen LogP contribution in [-0.2, 0) is 6.54 Å². The van der Waals surface area contributed by atoms with Gasteiger partial charge < -0.3 is 9.80 Å². The van der Waals surface area contributed by atoms with Crippen molar-refractivity contribution in [1.82, 2.24) is 25.0 Å². The highest BCUT2D eigenvalue weighted by molar-refractivity contribution is 5.79. The minimum Gasteiger partial charge on any atom is -0.349 e. The Bertz CT molecular complexity index is 367. The Kier molecular flexibility index (Phi) is 4.48. The summed E-state index contributed by atoms with van der Waals surface area (Å²) in [5.74, 6) is 2.89. The zero-order valence-electron chi connectivity index (χ0n) is 11.5. The minimum atomic E-state index is 0.339. The predicted octanol–water partition coefficient (Wildman–Crippen LogP) is 0.907. The molecule has 1 N–H and O–H groups in total. The van der Waals surface area contributed by atoms with E-state index in [-0.39, 0.29) is 0 Å². The topological polar surface area (TPSA) is 60.4 Å². The first-order chi connectivity index (χ1) is 7.91. The third-order valence-corrected chi connectivity index (χ3v) is 2.24. The lowest BCUT2D eigenvalue weighted by Crippen LogP contribution is -2.35. The highest BCUT2D eigenvalue weighted by Gasteiger charge is 2.08. The van der Waals surface area contributed by atoms with Crippen molar-refractivity contribution < 1.29 is 0 Å². The number of aromatic nitrogens is 3. The normalized spacial score (nSPS) is 10.5. The van der Waals surface area contributed by atoms with Gasteiger partial charge in [-0.05, 0) is 0 Å². The summed E-state index contributed by atoms with van der Waals surface area (Å²) >= 11 is 0. The summed E-state index contributed by atoms with van der Waals surface area (Å²) in [7, 11) is 7.88. The summed E-state index contributed by atoms with van der Waals surface area (Å²) in [5.41, 5.74) is 0. The van der Waals surface area contributed by atoms with Crippen LogP contribution in [0.2, 0.25) is 0 Å². The van der Waals surface area contributed by atoms with Gasteiger partial charge in [0.1, 0.15) is 12.4 Å². The third kappa shape index (κ3) is 3.72. The van der Waals surface area contributed by atoms with Crippen LogP contribution in [0.3, 0.4) is 0 Å². The average molecular weight is 238 g/mol. The van der Waals surface area contributed by atoms with E-state index >= 15 is 0 Å². The van der Waals surface area contributed by atoms with Crippen LogP contribution in [0.15, 0.2) is 4.99 Å². The van der Waals surface area contributed by atoms with Gasteiger partial charge in [0.15, 0.2) is 11.8 Å². The molecule has 0 aliphatic rings. The summed E-state index contributed by atoms with van der Waals surface area (Å²) < 4.78 is 0. The number of aromatic amines is 1. The van der Waals surface area contributed by atoms with Gasteiger partial charge in [-0.15, -0.1) is 0 Å². The molecule has 0 aromatic carbocycles. The van der Waals surface area contributed by atoms with Crippen molar-refractivity contribution in [3.63, 3.8) is 0 Å². The van der Waals surface area contributed by atoms with E-state index in [1.165, 1.54) is 0 Å². The van der Waals surface area contributed by atoms with Crippen LogP contribution in [0.25, 0.3) is 0 Å². The van der Waals surface area contributed by atoms with Crippen molar-refractivity contribution in [1.29, 1.82) is 0 Å². The Hall–Kier alpha value is -1.59. The van der Waals surface area contributed by atoms with E-state index in [1.54, 1.807) is 0 Å². The Morgan fingerprint density at radius 1 is 1.24 bits per heavy atom. The molecular formula is C11H22N6. The SMILES string of the molecule is CC(C)c1n[nH]c(CN=C(N(C)C)N(C)C)n1. The molecule has 0 saturated heterocycles. The molecule has 0 amide bonds. The van der Waals surface area contributed by atoms with Gasteiger partial charge in [-0.25, -0.2) is 9.98 Å². The largest absolute Gasteiger partial charge is 0.349 e. The molecule has 0 radical (unpaired) electrons. The molecule has 1 heterocycles. The summed E-state index contributed by atoms with van der Waals surface area (Å²) in [4.78, 5) is 12.8. The summed E-state index contributed by atoms with van der Waals surface area (Å²) in [6.07, 6.45) is 0. The molecule has 0 spiro atoms. The molecule has 1 aromatic heterocycles. The van der Waals surface area contributed by atoms with Crippen molar-refractivity contribution in [3.8, 4) is 0 Å². The van der Waals surface area contributed by atoms with Gasteiger partial charge in [0.25, 0.3) is 0 Å². The number of hydrogen-bond donors (Lipinski definition) is 1. The van der Waals surface area contributed by atoms with Crippen LogP contribution >= 0.6 is 0 Å². The molecule has 0 saturated carbocycles. The molecule has 0 atom stereocenters. The average Bonchev–Trinajstić information content (AvgIpc) is 2.65. The second-order valence-corrected chi connectivity index (χ2v) is 4.70. The number of nitrogens with one attached hydrogen (secondary N) is 1. The minimum absolute atomic E-state index is 0.339. The number of nitrogens with zero attached hydrogens (tertiary/aromatic N) is 5. The van der Waals surface area contributed by atoms with Crippen molar-refractivity contribution >= 4 is 5.96 Å². The summed E-state index contributed by atoms with van der Waals surface area (Å²) in [5, 5.41) is 7.07. The second-order valence-electron chi connectivity index (χ2n) is 4.70. The van der Waals surface area contributed by atoms with E-state index in [4.69, 9.17) is 0 Å². The Morgan fingerprint density at radius 3 is 2.24 bits per heavy atom. The summed E-state index contributed by atoms with van der Waals surface area (Å²) in [6.45, 7) is 4.66. The van der Waals surface area contributed by atoms with Crippen molar-refractivity contribution in [2.24, 2.45) is 4.99 Å². The molecule has 96 valence electrons. The van der Waals surface area contributed by atoms with Crippen LogP contribution in [0.5, 0.6) is 0 Å². The van der Waals surface area contributed by atoms with Gasteiger partial charge in [-0.1, -0.05) is 13.8 Å². The zero-order chi connectivity index (χ0) is 13.0. The standard InChI is InChI=1S/C11H22N6/c1-8(2)10-13-9(14-15-10)7-12-11(16(3)4)17(5)6/h8H,7H2,1-6H3,(H,13,14,15). The lowest BCUT2D eigenvalue weighted by molar-refractivity contribution is 0.478. The number of rotatable bonds is 3. The molecule has 17 heavy (non-hydrogen) atoms. The van der Waals surface area contributed by atoms with Crippen LogP contribution in [0, 0.1) is 0 Å². The van der Waals surface area contributed by atoms with Gasteiger partial charge in [0.2, 0.25) is 0 Å². The van der Waals surface area contributed by atoms with E-state index in [2.05, 4.69) is 34.0 Å². The summed E-state index contributed by atoms with van der Waals surface area (Å²) in [6, 6.07) is 0. The Balaban J connectivity index is 2.73. The van der Waals surface area contributed by atoms with Crippen LogP contribution in [0.4, 0.5) is 0 Å². The lowest BCUT2D eigenvalue weighted by atomic mass is 10.2. The Labute approximate surface area is 103 Å². The first kappa shape index (κ1) is 13.5. The molecule has 0 aliphatic carbocycles. The number of H-pyrrole nitrogens is 1. The van der Waals surface area contributed by atoms with Gasteiger partial charge in [0, 0.05) is 34.1 Å². The fraction of sp³-hybridized carbons (Fsp3) is 0.727. The van der Waals surface area contributed by atoms with E-state index in [0.717, 1.165) is 17.6 Å². The maximum absolute atomic E-state index is 4.50. The number of aliphatic imine (C=N–C) groups is 1. The molecule has 0 unspecified atom stereocenters. The van der Waals surface area contributed by atoms with E-state index in [9.17, 15) is 0 Å². The smallest absolute Gasteiger partial charge is 0.195 e. The van der Waals surface area contributed by atoms with Crippen molar-refractivity contribution in [2.75, 3.05) is 28.2 Å². The van der Waals surface area contributed by atoms with Gasteiger partial charge in [-0.3, -0.25) is 5.10 Å².